The molecule has 0 aliphatic carbocycles. The van der Waals surface area contributed by atoms with Crippen LogP contribution >= 0.6 is 0 Å². The summed E-state index contributed by atoms with van der Waals surface area (Å²) in [5.41, 5.74) is 1.76. The van der Waals surface area contributed by atoms with Crippen molar-refractivity contribution in [2.75, 3.05) is 19.8 Å². The standard InChI is InChI=1S/C15H19N3O4/c19-5-1-2-6-22-11-3-4-12-10(7-11)8-18-13(9-20)14(21)17-15(18)16-12/h3-4,7,13,19-20H,1-2,5-6,8-9H2,(H,16,17,21). The highest BCUT2D eigenvalue weighted by Gasteiger charge is 2.38. The molecule has 0 spiro atoms. The first-order valence-electron chi connectivity index (χ1n) is 7.36. The second-order valence-corrected chi connectivity index (χ2v) is 5.32. The predicted octanol–water partition coefficient (Wildman–Crippen LogP) is 0.132. The Balaban J connectivity index is 1.73. The van der Waals surface area contributed by atoms with Gasteiger partial charge in [0.1, 0.15) is 11.8 Å². The minimum absolute atomic E-state index is 0.170. The number of hydrogen-bond acceptors (Lipinski definition) is 6. The second-order valence-electron chi connectivity index (χ2n) is 5.32. The molecule has 1 atom stereocenters. The number of aliphatic hydroxyl groups is 2. The molecule has 2 aliphatic heterocycles. The molecule has 3 rings (SSSR count). The number of unbranched alkanes of at least 4 members (excludes halogenated alkanes) is 1. The zero-order valence-corrected chi connectivity index (χ0v) is 12.2. The average molecular weight is 305 g/mol. The lowest BCUT2D eigenvalue weighted by molar-refractivity contribution is -0.122. The SMILES string of the molecule is O=C1NC2=Nc3ccc(OCCCCO)cc3CN2C1CO. The highest BCUT2D eigenvalue weighted by molar-refractivity contribution is 6.07. The van der Waals surface area contributed by atoms with Gasteiger partial charge in [0, 0.05) is 18.7 Å². The van der Waals surface area contributed by atoms with Crippen LogP contribution < -0.4 is 10.1 Å². The van der Waals surface area contributed by atoms with E-state index in [1.54, 1.807) is 4.90 Å². The summed E-state index contributed by atoms with van der Waals surface area (Å²) in [4.78, 5) is 17.9. The van der Waals surface area contributed by atoms with Crippen LogP contribution in [0.25, 0.3) is 0 Å². The number of carbonyl (C=O) groups excluding carboxylic acids is 1. The molecule has 1 fully saturated rings. The molecule has 1 aromatic carbocycles. The van der Waals surface area contributed by atoms with Gasteiger partial charge in [-0.25, -0.2) is 4.99 Å². The first-order chi connectivity index (χ1) is 10.7. The largest absolute Gasteiger partial charge is 0.494 e. The molecule has 0 bridgehead atoms. The normalized spacial score (nSPS) is 19.4. The van der Waals surface area contributed by atoms with Crippen LogP contribution in [0.4, 0.5) is 5.69 Å². The van der Waals surface area contributed by atoms with Crippen molar-refractivity contribution in [1.82, 2.24) is 10.2 Å². The molecule has 0 saturated carbocycles. The van der Waals surface area contributed by atoms with Gasteiger partial charge in [0.05, 0.1) is 18.9 Å². The number of nitrogens with zero attached hydrogens (tertiary/aromatic N) is 2. The molecule has 0 radical (unpaired) electrons. The van der Waals surface area contributed by atoms with Gasteiger partial charge in [-0.2, -0.15) is 0 Å². The summed E-state index contributed by atoms with van der Waals surface area (Å²) >= 11 is 0. The molecule has 1 saturated heterocycles. The number of benzene rings is 1. The van der Waals surface area contributed by atoms with Crippen molar-refractivity contribution in [1.29, 1.82) is 0 Å². The van der Waals surface area contributed by atoms with Gasteiger partial charge < -0.3 is 19.8 Å². The molecule has 2 heterocycles. The van der Waals surface area contributed by atoms with E-state index in [1.165, 1.54) is 0 Å². The Morgan fingerprint density at radius 1 is 1.36 bits per heavy atom. The molecule has 1 aromatic rings. The van der Waals surface area contributed by atoms with Crippen molar-refractivity contribution in [2.24, 2.45) is 4.99 Å². The van der Waals surface area contributed by atoms with Crippen molar-refractivity contribution < 1.29 is 19.7 Å². The molecule has 1 unspecified atom stereocenters. The Morgan fingerprint density at radius 3 is 3.00 bits per heavy atom. The number of nitrogens with one attached hydrogen (secondary N) is 1. The number of fused-ring (bicyclic) bond motifs is 2. The Labute approximate surface area is 128 Å². The molecule has 3 N–H and O–H groups in total. The van der Waals surface area contributed by atoms with E-state index < -0.39 is 6.04 Å². The zero-order valence-electron chi connectivity index (χ0n) is 12.2. The van der Waals surface area contributed by atoms with Gasteiger partial charge in [0.15, 0.2) is 0 Å². The van der Waals surface area contributed by atoms with Crippen LogP contribution in [0, 0.1) is 0 Å². The van der Waals surface area contributed by atoms with Crippen LogP contribution in [-0.4, -0.2) is 52.8 Å². The van der Waals surface area contributed by atoms with E-state index in [2.05, 4.69) is 10.3 Å². The Kier molecular flexibility index (Phi) is 4.26. The number of aliphatic hydroxyl groups excluding tert-OH is 2. The van der Waals surface area contributed by atoms with Crippen LogP contribution in [-0.2, 0) is 11.3 Å². The minimum atomic E-state index is -0.582. The number of aliphatic imine (C=N–C) groups is 1. The highest BCUT2D eigenvalue weighted by Crippen LogP contribution is 2.31. The fraction of sp³-hybridized carbons (Fsp3) is 0.467. The number of amides is 1. The van der Waals surface area contributed by atoms with Gasteiger partial charge in [-0.3, -0.25) is 10.1 Å². The molecular weight excluding hydrogens is 286 g/mol. The summed E-state index contributed by atoms with van der Waals surface area (Å²) < 4.78 is 5.65. The van der Waals surface area contributed by atoms with Gasteiger partial charge in [-0.15, -0.1) is 0 Å². The summed E-state index contributed by atoms with van der Waals surface area (Å²) in [6.07, 6.45) is 1.52. The van der Waals surface area contributed by atoms with E-state index in [0.717, 1.165) is 29.8 Å². The zero-order chi connectivity index (χ0) is 15.5. The third-order valence-corrected chi connectivity index (χ3v) is 3.80. The van der Waals surface area contributed by atoms with Gasteiger partial charge in [0.25, 0.3) is 5.91 Å². The molecule has 0 aromatic heterocycles. The lowest BCUT2D eigenvalue weighted by Gasteiger charge is -2.27. The maximum absolute atomic E-state index is 11.8. The Bertz CT molecular complexity index is 602. The number of carbonyl (C=O) groups is 1. The molecule has 22 heavy (non-hydrogen) atoms. The van der Waals surface area contributed by atoms with Crippen LogP contribution in [0.2, 0.25) is 0 Å². The lowest BCUT2D eigenvalue weighted by Crippen LogP contribution is -2.39. The maximum atomic E-state index is 11.8. The van der Waals surface area contributed by atoms with E-state index in [-0.39, 0.29) is 19.1 Å². The molecule has 118 valence electrons. The van der Waals surface area contributed by atoms with E-state index in [0.29, 0.717) is 19.1 Å². The Morgan fingerprint density at radius 2 is 2.23 bits per heavy atom. The first-order valence-corrected chi connectivity index (χ1v) is 7.36. The number of hydrogen-bond donors (Lipinski definition) is 3. The summed E-state index contributed by atoms with van der Waals surface area (Å²) in [6, 6.07) is 5.03. The number of guanidine groups is 1. The minimum Gasteiger partial charge on any atom is -0.494 e. The van der Waals surface area contributed by atoms with Crippen LogP contribution in [0.3, 0.4) is 0 Å². The molecular formula is C15H19N3O4. The molecule has 7 heteroatoms. The predicted molar refractivity (Wildman–Crippen MR) is 79.9 cm³/mol. The first kappa shape index (κ1) is 14.8. The maximum Gasteiger partial charge on any atom is 0.251 e. The Hall–Kier alpha value is -2.12. The summed E-state index contributed by atoms with van der Waals surface area (Å²) in [6.45, 7) is 0.990. The van der Waals surface area contributed by atoms with Crippen LogP contribution in [0.5, 0.6) is 5.75 Å². The smallest absolute Gasteiger partial charge is 0.251 e. The summed E-state index contributed by atoms with van der Waals surface area (Å²) in [7, 11) is 0. The second kappa shape index (κ2) is 6.33. The third kappa shape index (κ3) is 2.77. The molecule has 2 aliphatic rings. The van der Waals surface area contributed by atoms with Crippen molar-refractivity contribution in [3.05, 3.63) is 23.8 Å². The third-order valence-electron chi connectivity index (χ3n) is 3.80. The number of rotatable bonds is 6. The molecule has 7 nitrogen and oxygen atoms in total. The molecule has 1 amide bonds. The monoisotopic (exact) mass is 305 g/mol. The van der Waals surface area contributed by atoms with Crippen molar-refractivity contribution in [3.63, 3.8) is 0 Å². The van der Waals surface area contributed by atoms with Crippen LogP contribution in [0.1, 0.15) is 18.4 Å². The lowest BCUT2D eigenvalue weighted by atomic mass is 10.1. The summed E-state index contributed by atoms with van der Waals surface area (Å²) in [5.74, 6) is 1.01. The fourth-order valence-electron chi connectivity index (χ4n) is 2.60. The average Bonchev–Trinajstić information content (AvgIpc) is 2.83. The quantitative estimate of drug-likeness (QED) is 0.650. The topological polar surface area (TPSA) is 94.4 Å². The van der Waals surface area contributed by atoms with E-state index in [9.17, 15) is 9.90 Å². The number of ether oxygens (including phenoxy) is 1. The van der Waals surface area contributed by atoms with Crippen LogP contribution in [0.15, 0.2) is 23.2 Å². The van der Waals surface area contributed by atoms with E-state index in [4.69, 9.17) is 9.84 Å². The van der Waals surface area contributed by atoms with Gasteiger partial charge >= 0.3 is 0 Å². The van der Waals surface area contributed by atoms with E-state index in [1.807, 2.05) is 18.2 Å². The van der Waals surface area contributed by atoms with Gasteiger partial charge in [-0.05, 0) is 31.0 Å². The van der Waals surface area contributed by atoms with Gasteiger partial charge in [-0.1, -0.05) is 0 Å². The van der Waals surface area contributed by atoms with Crippen molar-refractivity contribution in [2.45, 2.75) is 25.4 Å². The van der Waals surface area contributed by atoms with E-state index >= 15 is 0 Å². The van der Waals surface area contributed by atoms with Gasteiger partial charge in [0.2, 0.25) is 5.96 Å². The summed E-state index contributed by atoms with van der Waals surface area (Å²) in [5, 5.41) is 20.8. The van der Waals surface area contributed by atoms with Crippen molar-refractivity contribution in [3.8, 4) is 5.75 Å². The van der Waals surface area contributed by atoms with Crippen molar-refractivity contribution >= 4 is 17.6 Å². The highest BCUT2D eigenvalue weighted by atomic mass is 16.5. The fourth-order valence-corrected chi connectivity index (χ4v) is 2.60.